The molecule has 4 rings (SSSR count). The summed E-state index contributed by atoms with van der Waals surface area (Å²) < 4.78 is 10.6. The van der Waals surface area contributed by atoms with Crippen molar-refractivity contribution in [2.45, 2.75) is 19.1 Å². The first-order valence-electron chi connectivity index (χ1n) is 7.49. The predicted octanol–water partition coefficient (Wildman–Crippen LogP) is 3.83. The van der Waals surface area contributed by atoms with Crippen LogP contribution < -0.4 is 0 Å². The molecule has 1 atom stereocenters. The summed E-state index contributed by atoms with van der Waals surface area (Å²) >= 11 is 0. The van der Waals surface area contributed by atoms with Crippen molar-refractivity contribution in [3.05, 3.63) is 60.2 Å². The van der Waals surface area contributed by atoms with Gasteiger partial charge < -0.3 is 9.47 Å². The van der Waals surface area contributed by atoms with Crippen LogP contribution in [0.2, 0.25) is 0 Å². The molecule has 0 amide bonds. The lowest BCUT2D eigenvalue weighted by Crippen LogP contribution is -2.18. The summed E-state index contributed by atoms with van der Waals surface area (Å²) in [5.74, 6) is -0.244. The molecule has 22 heavy (non-hydrogen) atoms. The van der Waals surface area contributed by atoms with Gasteiger partial charge in [0.05, 0.1) is 13.2 Å². The number of hydrogen-bond acceptors (Lipinski definition) is 3. The minimum Gasteiger partial charge on any atom is -0.464 e. The van der Waals surface area contributed by atoms with Gasteiger partial charge in [-0.15, -0.1) is 0 Å². The molecule has 0 spiro atoms. The molecule has 110 valence electrons. The Morgan fingerprint density at radius 3 is 2.41 bits per heavy atom. The fourth-order valence-corrected chi connectivity index (χ4v) is 2.90. The van der Waals surface area contributed by atoms with E-state index in [-0.39, 0.29) is 5.97 Å². The lowest BCUT2D eigenvalue weighted by Gasteiger charge is -2.09. The SMILES string of the molecule is O=C1OCCC1OCc1ccc2cc3ccccc3cc2c1. The average molecular weight is 292 g/mol. The monoisotopic (exact) mass is 292 g/mol. The van der Waals surface area contributed by atoms with Gasteiger partial charge in [0.25, 0.3) is 0 Å². The first kappa shape index (κ1) is 13.3. The number of benzene rings is 3. The van der Waals surface area contributed by atoms with E-state index in [4.69, 9.17) is 9.47 Å². The van der Waals surface area contributed by atoms with Crippen LogP contribution in [0.1, 0.15) is 12.0 Å². The fraction of sp³-hybridized carbons (Fsp3) is 0.211. The maximum Gasteiger partial charge on any atom is 0.335 e. The van der Waals surface area contributed by atoms with Crippen molar-refractivity contribution in [2.24, 2.45) is 0 Å². The van der Waals surface area contributed by atoms with Gasteiger partial charge >= 0.3 is 5.97 Å². The zero-order chi connectivity index (χ0) is 14.9. The van der Waals surface area contributed by atoms with Crippen molar-refractivity contribution in [1.29, 1.82) is 0 Å². The average Bonchev–Trinajstić information content (AvgIpc) is 2.96. The lowest BCUT2D eigenvalue weighted by atomic mass is 10.0. The van der Waals surface area contributed by atoms with Gasteiger partial charge in [-0.05, 0) is 45.3 Å². The van der Waals surface area contributed by atoms with E-state index in [0.717, 1.165) is 5.56 Å². The van der Waals surface area contributed by atoms with Gasteiger partial charge in [0.1, 0.15) is 0 Å². The molecule has 1 heterocycles. The summed E-state index contributed by atoms with van der Waals surface area (Å²) in [4.78, 5) is 11.4. The molecular weight excluding hydrogens is 276 g/mol. The Bertz CT molecular complexity index is 854. The van der Waals surface area contributed by atoms with Gasteiger partial charge in [-0.3, -0.25) is 0 Å². The number of rotatable bonds is 3. The van der Waals surface area contributed by atoms with Crippen molar-refractivity contribution in [3.63, 3.8) is 0 Å². The van der Waals surface area contributed by atoms with E-state index in [1.165, 1.54) is 21.5 Å². The van der Waals surface area contributed by atoms with Crippen LogP contribution >= 0.6 is 0 Å². The van der Waals surface area contributed by atoms with E-state index in [2.05, 4.69) is 48.5 Å². The van der Waals surface area contributed by atoms with Crippen molar-refractivity contribution < 1.29 is 14.3 Å². The number of ether oxygens (including phenoxy) is 2. The van der Waals surface area contributed by atoms with Crippen molar-refractivity contribution in [3.8, 4) is 0 Å². The summed E-state index contributed by atoms with van der Waals surface area (Å²) in [6, 6.07) is 19.0. The molecule has 0 aliphatic carbocycles. The Morgan fingerprint density at radius 1 is 0.955 bits per heavy atom. The van der Waals surface area contributed by atoms with Crippen molar-refractivity contribution in [2.75, 3.05) is 6.61 Å². The Hall–Kier alpha value is -2.39. The molecule has 0 bridgehead atoms. The normalized spacial score (nSPS) is 18.0. The highest BCUT2D eigenvalue weighted by Crippen LogP contribution is 2.24. The van der Waals surface area contributed by atoms with E-state index < -0.39 is 6.10 Å². The fourth-order valence-electron chi connectivity index (χ4n) is 2.90. The van der Waals surface area contributed by atoms with Gasteiger partial charge in [-0.2, -0.15) is 0 Å². The Balaban J connectivity index is 1.62. The molecule has 0 N–H and O–H groups in total. The van der Waals surface area contributed by atoms with E-state index in [1.807, 2.05) is 6.07 Å². The molecule has 3 heteroatoms. The van der Waals surface area contributed by atoms with E-state index >= 15 is 0 Å². The maximum atomic E-state index is 11.4. The zero-order valence-corrected chi connectivity index (χ0v) is 12.1. The molecule has 1 fully saturated rings. The summed E-state index contributed by atoms with van der Waals surface area (Å²) in [7, 11) is 0. The first-order chi connectivity index (χ1) is 10.8. The van der Waals surface area contributed by atoms with Gasteiger partial charge in [0.15, 0.2) is 6.10 Å². The van der Waals surface area contributed by atoms with Crippen LogP contribution in [0, 0.1) is 0 Å². The molecule has 3 aromatic rings. The highest BCUT2D eigenvalue weighted by Gasteiger charge is 2.26. The van der Waals surface area contributed by atoms with Crippen LogP contribution in [-0.2, 0) is 20.9 Å². The lowest BCUT2D eigenvalue weighted by molar-refractivity contribution is -0.147. The van der Waals surface area contributed by atoms with Crippen molar-refractivity contribution >= 4 is 27.5 Å². The summed E-state index contributed by atoms with van der Waals surface area (Å²) in [6.45, 7) is 0.899. The van der Waals surface area contributed by atoms with E-state index in [0.29, 0.717) is 19.6 Å². The molecule has 0 radical (unpaired) electrons. The van der Waals surface area contributed by atoms with E-state index in [9.17, 15) is 4.79 Å². The predicted molar refractivity (Wildman–Crippen MR) is 85.6 cm³/mol. The minimum atomic E-state index is -0.410. The highest BCUT2D eigenvalue weighted by atomic mass is 16.6. The van der Waals surface area contributed by atoms with E-state index in [1.54, 1.807) is 0 Å². The second kappa shape index (κ2) is 5.43. The Morgan fingerprint density at radius 2 is 1.68 bits per heavy atom. The number of hydrogen-bond donors (Lipinski definition) is 0. The second-order valence-electron chi connectivity index (χ2n) is 5.64. The first-order valence-corrected chi connectivity index (χ1v) is 7.49. The second-order valence-corrected chi connectivity index (χ2v) is 5.64. The van der Waals surface area contributed by atoms with Crippen LogP contribution in [0.4, 0.5) is 0 Å². The summed E-state index contributed by atoms with van der Waals surface area (Å²) in [6.07, 6.45) is 0.240. The summed E-state index contributed by atoms with van der Waals surface area (Å²) in [5.41, 5.74) is 1.07. The number of carbonyl (C=O) groups excluding carboxylic acids is 1. The van der Waals surface area contributed by atoms with Gasteiger partial charge in [0.2, 0.25) is 0 Å². The molecular formula is C19H16O3. The molecule has 3 nitrogen and oxygen atoms in total. The number of fused-ring (bicyclic) bond motifs is 2. The molecule has 0 aromatic heterocycles. The van der Waals surface area contributed by atoms with Gasteiger partial charge in [-0.1, -0.05) is 36.4 Å². The van der Waals surface area contributed by atoms with Crippen LogP contribution in [0.3, 0.4) is 0 Å². The maximum absolute atomic E-state index is 11.4. The van der Waals surface area contributed by atoms with Crippen LogP contribution in [0.15, 0.2) is 54.6 Å². The molecule has 0 saturated carbocycles. The third kappa shape index (κ3) is 2.44. The molecule has 1 aliphatic heterocycles. The number of cyclic esters (lactones) is 1. The standard InChI is InChI=1S/C19H16O3/c20-19-18(7-8-21-19)22-12-13-5-6-16-10-14-3-1-2-4-15(14)11-17(16)9-13/h1-6,9-11,18H,7-8,12H2. The minimum absolute atomic E-state index is 0.244. The molecule has 1 saturated heterocycles. The van der Waals surface area contributed by atoms with Crippen LogP contribution in [0.25, 0.3) is 21.5 Å². The third-order valence-corrected chi connectivity index (χ3v) is 4.11. The number of esters is 1. The zero-order valence-electron chi connectivity index (χ0n) is 12.1. The number of carbonyl (C=O) groups is 1. The quantitative estimate of drug-likeness (QED) is 0.544. The van der Waals surface area contributed by atoms with Crippen molar-refractivity contribution in [1.82, 2.24) is 0 Å². The summed E-state index contributed by atoms with van der Waals surface area (Å²) in [5, 5.41) is 4.87. The molecule has 3 aromatic carbocycles. The Labute approximate surface area is 128 Å². The van der Waals surface area contributed by atoms with Crippen LogP contribution in [-0.4, -0.2) is 18.7 Å². The molecule has 1 unspecified atom stereocenters. The molecule has 1 aliphatic rings. The van der Waals surface area contributed by atoms with Gasteiger partial charge in [-0.25, -0.2) is 4.79 Å². The van der Waals surface area contributed by atoms with Crippen LogP contribution in [0.5, 0.6) is 0 Å². The smallest absolute Gasteiger partial charge is 0.335 e. The largest absolute Gasteiger partial charge is 0.464 e. The topological polar surface area (TPSA) is 35.5 Å². The highest BCUT2D eigenvalue weighted by molar-refractivity contribution is 5.98. The third-order valence-electron chi connectivity index (χ3n) is 4.11. The Kier molecular flexibility index (Phi) is 3.28. The van der Waals surface area contributed by atoms with Gasteiger partial charge in [0, 0.05) is 6.42 Å².